The summed E-state index contributed by atoms with van der Waals surface area (Å²) >= 11 is 1.39. The van der Waals surface area contributed by atoms with Crippen LogP contribution in [0.1, 0.15) is 27.3 Å². The van der Waals surface area contributed by atoms with Crippen LogP contribution in [0.5, 0.6) is 0 Å². The van der Waals surface area contributed by atoms with Crippen molar-refractivity contribution >= 4 is 23.5 Å². The van der Waals surface area contributed by atoms with Gasteiger partial charge in [0.05, 0.1) is 24.7 Å². The molecule has 4 heterocycles. The molecule has 1 aliphatic heterocycles. The summed E-state index contributed by atoms with van der Waals surface area (Å²) in [5, 5.41) is 16.4. The molecule has 0 amide bonds. The monoisotopic (exact) mass is 478 g/mol. The fourth-order valence-corrected chi connectivity index (χ4v) is 5.03. The van der Waals surface area contributed by atoms with Crippen LogP contribution in [0.2, 0.25) is 0 Å². The Hall–Kier alpha value is -3.44. The second-order valence-corrected chi connectivity index (χ2v) is 9.14. The van der Waals surface area contributed by atoms with Crippen LogP contribution in [0, 0.1) is 20.8 Å². The summed E-state index contributed by atoms with van der Waals surface area (Å²) in [6, 6.07) is 10.1. The van der Waals surface area contributed by atoms with Crippen molar-refractivity contribution in [1.82, 2.24) is 34.5 Å². The summed E-state index contributed by atoms with van der Waals surface area (Å²) in [6.45, 7) is 8.73. The second-order valence-electron chi connectivity index (χ2n) is 8.20. The summed E-state index contributed by atoms with van der Waals surface area (Å²) in [6.07, 6.45) is 1.45. The number of ketones is 1. The van der Waals surface area contributed by atoms with E-state index in [2.05, 4.69) is 49.3 Å². The van der Waals surface area contributed by atoms with E-state index in [1.165, 1.54) is 18.1 Å². The van der Waals surface area contributed by atoms with Crippen molar-refractivity contribution in [1.29, 1.82) is 0 Å². The molecule has 0 unspecified atom stereocenters. The fourth-order valence-electron chi connectivity index (χ4n) is 4.20. The van der Waals surface area contributed by atoms with Crippen molar-refractivity contribution in [3.8, 4) is 11.6 Å². The number of benzene rings is 1. The number of ether oxygens (including phenoxy) is 1. The highest BCUT2D eigenvalue weighted by Crippen LogP contribution is 2.29. The van der Waals surface area contributed by atoms with Gasteiger partial charge in [0.2, 0.25) is 11.9 Å². The number of carbonyl (C=O) groups is 1. The van der Waals surface area contributed by atoms with Gasteiger partial charge in [-0.15, -0.1) is 10.2 Å². The summed E-state index contributed by atoms with van der Waals surface area (Å²) in [5.41, 5.74) is 4.53. The van der Waals surface area contributed by atoms with Crippen LogP contribution in [0.3, 0.4) is 0 Å². The molecule has 0 spiro atoms. The molecule has 1 aromatic carbocycles. The number of hydrogen-bond donors (Lipinski definition) is 1. The van der Waals surface area contributed by atoms with Gasteiger partial charge in [0, 0.05) is 30.0 Å². The van der Waals surface area contributed by atoms with Crippen LogP contribution in [-0.2, 0) is 4.74 Å². The molecule has 0 saturated carbocycles. The van der Waals surface area contributed by atoms with Gasteiger partial charge in [-0.1, -0.05) is 23.9 Å². The lowest BCUT2D eigenvalue weighted by Crippen LogP contribution is -2.37. The molecule has 1 aliphatic rings. The molecule has 176 valence electrons. The molecule has 5 rings (SSSR count). The van der Waals surface area contributed by atoms with Gasteiger partial charge in [0.1, 0.15) is 6.33 Å². The smallest absolute Gasteiger partial charge is 0.232 e. The van der Waals surface area contributed by atoms with Crippen molar-refractivity contribution < 1.29 is 9.53 Å². The zero-order valence-electron chi connectivity index (χ0n) is 19.4. The first kappa shape index (κ1) is 22.4. The number of aromatic amines is 1. The number of rotatable bonds is 7. The maximum Gasteiger partial charge on any atom is 0.232 e. The van der Waals surface area contributed by atoms with E-state index >= 15 is 0 Å². The van der Waals surface area contributed by atoms with E-state index in [1.807, 2.05) is 41.2 Å². The second kappa shape index (κ2) is 9.43. The van der Waals surface area contributed by atoms with Crippen LogP contribution in [0.25, 0.3) is 11.6 Å². The van der Waals surface area contributed by atoms with Gasteiger partial charge < -0.3 is 9.64 Å². The topological polar surface area (TPSA) is 107 Å². The molecular formula is C23H26N8O2S. The number of nitrogens with zero attached hydrogens (tertiary/aromatic N) is 7. The van der Waals surface area contributed by atoms with Crippen molar-refractivity contribution in [3.63, 3.8) is 0 Å². The van der Waals surface area contributed by atoms with Crippen LogP contribution < -0.4 is 4.90 Å². The third kappa shape index (κ3) is 4.24. The molecule has 11 heteroatoms. The first-order valence-corrected chi connectivity index (χ1v) is 12.1. The third-order valence-electron chi connectivity index (χ3n) is 5.85. The van der Waals surface area contributed by atoms with E-state index in [1.54, 1.807) is 0 Å². The van der Waals surface area contributed by atoms with Crippen molar-refractivity contribution in [2.24, 2.45) is 0 Å². The Labute approximate surface area is 201 Å². The predicted molar refractivity (Wildman–Crippen MR) is 129 cm³/mol. The Morgan fingerprint density at radius 1 is 1.12 bits per heavy atom. The number of anilines is 1. The van der Waals surface area contributed by atoms with Crippen LogP contribution >= 0.6 is 11.8 Å². The van der Waals surface area contributed by atoms with Crippen molar-refractivity contribution in [3.05, 3.63) is 59.2 Å². The minimum Gasteiger partial charge on any atom is -0.378 e. The minimum absolute atomic E-state index is 0.0237. The predicted octanol–water partition coefficient (Wildman–Crippen LogP) is 2.91. The molecule has 0 radical (unpaired) electrons. The highest BCUT2D eigenvalue weighted by molar-refractivity contribution is 7.99. The number of thioether (sulfide) groups is 1. The highest BCUT2D eigenvalue weighted by atomic mass is 32.2. The van der Waals surface area contributed by atoms with E-state index in [0.717, 1.165) is 41.7 Å². The van der Waals surface area contributed by atoms with Gasteiger partial charge in [-0.3, -0.25) is 13.9 Å². The summed E-state index contributed by atoms with van der Waals surface area (Å²) < 4.78 is 9.44. The number of H-pyrrole nitrogens is 1. The first-order chi connectivity index (χ1) is 16.5. The van der Waals surface area contributed by atoms with Gasteiger partial charge in [-0.05, 0) is 44.5 Å². The SMILES string of the molecule is Cc1cccc(-n2c(SCC(=O)c3cc(C)n(-c4ncn[nH]4)c3C)nnc2N2CCOCC2)c1. The number of Topliss-reactive ketones (excluding diaryl/α,β-unsaturated/α-hetero) is 1. The first-order valence-electron chi connectivity index (χ1n) is 11.1. The van der Waals surface area contributed by atoms with Gasteiger partial charge in [-0.2, -0.15) is 10.1 Å². The maximum absolute atomic E-state index is 13.2. The van der Waals surface area contributed by atoms with Crippen LogP contribution in [0.4, 0.5) is 5.95 Å². The summed E-state index contributed by atoms with van der Waals surface area (Å²) in [5.74, 6) is 1.63. The van der Waals surface area contributed by atoms with Crippen LogP contribution in [-0.4, -0.2) is 72.4 Å². The number of morpholine rings is 1. The normalized spacial score (nSPS) is 14.0. The molecule has 1 N–H and O–H groups in total. The van der Waals surface area contributed by atoms with Crippen molar-refractivity contribution in [2.45, 2.75) is 25.9 Å². The maximum atomic E-state index is 13.2. The van der Waals surface area contributed by atoms with Gasteiger partial charge in [0.15, 0.2) is 10.9 Å². The Balaban J connectivity index is 1.42. The molecule has 0 bridgehead atoms. The Kier molecular flexibility index (Phi) is 6.20. The number of hydrogen-bond acceptors (Lipinski definition) is 8. The zero-order chi connectivity index (χ0) is 23.7. The number of carbonyl (C=O) groups excluding carboxylic acids is 1. The van der Waals surface area contributed by atoms with Crippen molar-refractivity contribution in [2.75, 3.05) is 37.0 Å². The molecular weight excluding hydrogens is 452 g/mol. The van der Waals surface area contributed by atoms with Gasteiger partial charge in [-0.25, -0.2) is 5.10 Å². The Morgan fingerprint density at radius 2 is 1.94 bits per heavy atom. The molecule has 1 saturated heterocycles. The molecule has 0 atom stereocenters. The summed E-state index contributed by atoms with van der Waals surface area (Å²) in [7, 11) is 0. The lowest BCUT2D eigenvalue weighted by Gasteiger charge is -2.28. The van der Waals surface area contributed by atoms with E-state index in [0.29, 0.717) is 29.9 Å². The van der Waals surface area contributed by atoms with Gasteiger partial charge >= 0.3 is 0 Å². The molecule has 10 nitrogen and oxygen atoms in total. The van der Waals surface area contributed by atoms with Crippen LogP contribution in [0.15, 0.2) is 41.8 Å². The fraction of sp³-hybridized carbons (Fsp3) is 0.348. The molecule has 34 heavy (non-hydrogen) atoms. The zero-order valence-corrected chi connectivity index (χ0v) is 20.2. The Bertz CT molecular complexity index is 1300. The lowest BCUT2D eigenvalue weighted by atomic mass is 10.2. The average Bonchev–Trinajstić information content (AvgIpc) is 3.57. The Morgan fingerprint density at radius 3 is 2.68 bits per heavy atom. The quantitative estimate of drug-likeness (QED) is 0.319. The molecule has 3 aromatic heterocycles. The minimum atomic E-state index is 0.0237. The number of aromatic nitrogens is 7. The van der Waals surface area contributed by atoms with E-state index < -0.39 is 0 Å². The molecule has 0 aliphatic carbocycles. The van der Waals surface area contributed by atoms with E-state index in [-0.39, 0.29) is 11.5 Å². The van der Waals surface area contributed by atoms with Gasteiger partial charge in [0.25, 0.3) is 0 Å². The molecule has 1 fully saturated rings. The molecule has 4 aromatic rings. The summed E-state index contributed by atoms with van der Waals surface area (Å²) in [4.78, 5) is 19.6. The third-order valence-corrected chi connectivity index (χ3v) is 6.78. The average molecular weight is 479 g/mol. The highest BCUT2D eigenvalue weighted by Gasteiger charge is 2.24. The standard InChI is InChI=1S/C23H26N8O2S/c1-15-5-4-6-18(11-15)31-22(29-7-9-33-10-8-29)27-28-23(31)34-13-20(32)19-12-16(2)30(17(19)3)21-24-14-25-26-21/h4-6,11-12,14H,7-10,13H2,1-3H3,(H,24,25,26). The lowest BCUT2D eigenvalue weighted by molar-refractivity contribution is 0.102. The number of aryl methyl sites for hydroxylation is 2. The number of nitrogens with one attached hydrogen (secondary N) is 1. The van der Waals surface area contributed by atoms with E-state index in [9.17, 15) is 4.79 Å². The van der Waals surface area contributed by atoms with E-state index in [4.69, 9.17) is 4.74 Å². The largest absolute Gasteiger partial charge is 0.378 e.